The van der Waals surface area contributed by atoms with E-state index in [4.69, 9.17) is 0 Å². The summed E-state index contributed by atoms with van der Waals surface area (Å²) >= 11 is -0.176. The minimum absolute atomic E-state index is 0.176. The molecule has 0 saturated heterocycles. The van der Waals surface area contributed by atoms with Crippen molar-refractivity contribution in [2.45, 2.75) is 47.0 Å². The van der Waals surface area contributed by atoms with E-state index in [1.165, 1.54) is 28.7 Å². The second-order valence-electron chi connectivity index (χ2n) is 9.93. The topological polar surface area (TPSA) is 57.2 Å². The Hall–Kier alpha value is -3.15. The highest BCUT2D eigenvalue weighted by molar-refractivity contribution is 7.86. The first-order valence-corrected chi connectivity index (χ1v) is 16.3. The van der Waals surface area contributed by atoms with Gasteiger partial charge in [-0.25, -0.2) is 8.42 Å². The summed E-state index contributed by atoms with van der Waals surface area (Å²) in [7, 11) is -8.14. The third-order valence-electron chi connectivity index (χ3n) is 6.68. The second kappa shape index (κ2) is 13.1. The molecule has 4 aromatic rings. The first-order chi connectivity index (χ1) is 22.4. The van der Waals surface area contributed by atoms with Crippen LogP contribution in [-0.4, -0.2) is 59.9 Å². The smallest absolute Gasteiger partial charge is 0.460 e. The Balaban J connectivity index is 0.000000281. The van der Waals surface area contributed by atoms with Crippen LogP contribution >= 0.6 is 0 Å². The zero-order valence-corrected chi connectivity index (χ0v) is 26.5. The number of hydrogen-bond donors (Lipinski definition) is 0. The number of fused-ring (bicyclic) bond motifs is 2. The summed E-state index contributed by atoms with van der Waals surface area (Å²) in [6, 6.07) is 30.7. The van der Waals surface area contributed by atoms with Crippen molar-refractivity contribution < 1.29 is 109 Å². The zero-order chi connectivity index (χ0) is 38.6. The Morgan fingerprint density at radius 2 is 0.720 bits per heavy atom. The molecule has 0 aromatic heterocycles. The van der Waals surface area contributed by atoms with Crippen LogP contribution in [0.15, 0.2) is 84.9 Å². The van der Waals surface area contributed by atoms with Crippen LogP contribution in [0.25, 0.3) is 21.5 Å². The molecule has 0 amide bonds. The van der Waals surface area contributed by atoms with Crippen LogP contribution < -0.4 is 21.2 Å². The summed E-state index contributed by atoms with van der Waals surface area (Å²) in [5, 5.41) is -2.46. The van der Waals surface area contributed by atoms with Crippen molar-refractivity contribution in [3.8, 4) is 0 Å². The van der Waals surface area contributed by atoms with Gasteiger partial charge < -0.3 is 4.55 Å². The van der Waals surface area contributed by atoms with E-state index in [0.29, 0.717) is 0 Å². The van der Waals surface area contributed by atoms with Crippen molar-refractivity contribution in [3.63, 3.8) is 0 Å². The van der Waals surface area contributed by atoms with Crippen molar-refractivity contribution in [1.82, 2.24) is 0 Å². The van der Waals surface area contributed by atoms with E-state index in [9.17, 15) is 87.6 Å². The van der Waals surface area contributed by atoms with Gasteiger partial charge in [0.05, 0.1) is 0 Å². The normalized spacial score (nSPS) is 14.4. The van der Waals surface area contributed by atoms with E-state index in [0.717, 1.165) is 0 Å². The third-order valence-corrected chi connectivity index (χ3v) is 10.6. The van der Waals surface area contributed by atoms with E-state index in [1.807, 2.05) is 0 Å². The summed E-state index contributed by atoms with van der Waals surface area (Å²) < 4.78 is 247. The van der Waals surface area contributed by atoms with Crippen molar-refractivity contribution in [1.29, 1.82) is 0 Å². The van der Waals surface area contributed by atoms with Gasteiger partial charge in [-0.3, -0.25) is 0 Å². The molecule has 4 aromatic carbocycles. The van der Waals surface area contributed by atoms with E-state index < -0.39 is 57.1 Å². The van der Waals surface area contributed by atoms with Crippen molar-refractivity contribution in [3.05, 3.63) is 92.1 Å². The first kappa shape index (κ1) is 41.3. The molecule has 3 nitrogen and oxygen atoms in total. The Morgan fingerprint density at radius 3 is 1.06 bits per heavy atom. The molecule has 0 heterocycles. The Labute approximate surface area is 279 Å². The number of halogens is 18. The standard InChI is InChI=1S/C20H14I.C8HF17O3S/c1-3-11-17-15(7-1)9-5-13-19(17)21-20-14-6-10-16-8-2-4-12-18(16)20;9-1(10,3(13,14)5(17,18)7(21,22)23)2(11,12)4(15,16)6(19,20)8(24,25)29(26,27)28/h1-14H;(H,26,27,28)/q+1;/p-1. The van der Waals surface area contributed by atoms with Crippen LogP contribution in [0.5, 0.6) is 0 Å². The molecule has 0 unspecified atom stereocenters. The van der Waals surface area contributed by atoms with Crippen LogP contribution in [0.4, 0.5) is 74.6 Å². The summed E-state index contributed by atoms with van der Waals surface area (Å²) in [6.45, 7) is 0. The predicted molar refractivity (Wildman–Crippen MR) is 136 cm³/mol. The summed E-state index contributed by atoms with van der Waals surface area (Å²) in [5.74, 6) is -52.1. The minimum atomic E-state index is -8.92. The minimum Gasteiger partial charge on any atom is -0.743 e. The molecule has 22 heteroatoms. The molecule has 0 bridgehead atoms. The van der Waals surface area contributed by atoms with Gasteiger partial charge in [0.2, 0.25) is 7.14 Å². The SMILES string of the molecule is O=S(=O)([O-])C(F)(F)C(F)(F)C(F)(F)C(F)(F)C(F)(F)C(F)(F)C(F)(F)C(F)(F)F.c1ccc2c([I+]c3cccc4ccccc34)cccc2c1. The highest BCUT2D eigenvalue weighted by Crippen LogP contribution is 2.64. The maximum atomic E-state index is 13.0. The molecule has 0 aliphatic heterocycles. The molecule has 0 N–H and O–H groups in total. The molecule has 0 atom stereocenters. The third kappa shape index (κ3) is 6.54. The van der Waals surface area contributed by atoms with Gasteiger partial charge >= 0.3 is 68.2 Å². The fourth-order valence-corrected chi connectivity index (χ4v) is 7.36. The van der Waals surface area contributed by atoms with E-state index in [-0.39, 0.29) is 21.2 Å². The molecule has 0 saturated carbocycles. The average molecular weight is 880 g/mol. The number of rotatable bonds is 9. The van der Waals surface area contributed by atoms with Crippen molar-refractivity contribution in [2.24, 2.45) is 0 Å². The summed E-state index contributed by atoms with van der Waals surface area (Å²) in [4.78, 5) is 0. The molecule has 50 heavy (non-hydrogen) atoms. The first-order valence-electron chi connectivity index (χ1n) is 12.7. The van der Waals surface area contributed by atoms with Gasteiger partial charge in [-0.05, 0) is 35.0 Å². The Kier molecular flexibility index (Phi) is 10.8. The van der Waals surface area contributed by atoms with Gasteiger partial charge in [-0.15, -0.1) is 0 Å². The van der Waals surface area contributed by atoms with Crippen molar-refractivity contribution in [2.75, 3.05) is 0 Å². The van der Waals surface area contributed by atoms with Gasteiger partial charge in [0.25, 0.3) is 0 Å². The van der Waals surface area contributed by atoms with E-state index in [2.05, 4.69) is 84.9 Å². The molecule has 276 valence electrons. The summed E-state index contributed by atoms with van der Waals surface area (Å²) in [5.41, 5.74) is 0. The monoisotopic (exact) mass is 880 g/mol. The molecule has 0 spiro atoms. The molecular weight excluding hydrogens is 866 g/mol. The van der Waals surface area contributed by atoms with Crippen LogP contribution in [-0.2, 0) is 10.1 Å². The second-order valence-corrected chi connectivity index (χ2v) is 14.2. The number of alkyl halides is 17. The fourth-order valence-electron chi connectivity index (χ4n) is 3.95. The lowest BCUT2D eigenvalue weighted by atomic mass is 9.91. The zero-order valence-electron chi connectivity index (χ0n) is 23.5. The van der Waals surface area contributed by atoms with Crippen molar-refractivity contribution >= 4 is 31.7 Å². The largest absolute Gasteiger partial charge is 0.743 e. The molecular formula is C28H14F17IO3S. The van der Waals surface area contributed by atoms with Gasteiger partial charge in [0, 0.05) is 10.8 Å². The highest BCUT2D eigenvalue weighted by Gasteiger charge is 2.95. The van der Waals surface area contributed by atoms with Gasteiger partial charge in [0.1, 0.15) is 0 Å². The predicted octanol–water partition coefficient (Wildman–Crippen LogP) is 6.62. The highest BCUT2D eigenvalue weighted by atomic mass is 127. The Morgan fingerprint density at radius 1 is 0.420 bits per heavy atom. The lowest BCUT2D eigenvalue weighted by Gasteiger charge is -2.42. The van der Waals surface area contributed by atoms with Crippen LogP contribution in [0.2, 0.25) is 0 Å². The molecule has 0 fully saturated rings. The van der Waals surface area contributed by atoms with Gasteiger partial charge in [0.15, 0.2) is 10.1 Å². The Bertz CT molecular complexity index is 1870. The quantitative estimate of drug-likeness (QED) is 0.108. The van der Waals surface area contributed by atoms with Gasteiger partial charge in [-0.1, -0.05) is 60.7 Å². The van der Waals surface area contributed by atoms with Crippen LogP contribution in [0, 0.1) is 7.14 Å². The fraction of sp³-hybridized carbons (Fsp3) is 0.286. The molecule has 0 aliphatic rings. The van der Waals surface area contributed by atoms with Gasteiger partial charge in [-0.2, -0.15) is 74.6 Å². The lowest BCUT2D eigenvalue weighted by molar-refractivity contribution is -0.592. The average Bonchev–Trinajstić information content (AvgIpc) is 3.00. The number of benzene rings is 4. The van der Waals surface area contributed by atoms with Crippen LogP contribution in [0.3, 0.4) is 0 Å². The molecule has 0 radical (unpaired) electrons. The number of hydrogen-bond acceptors (Lipinski definition) is 3. The van der Waals surface area contributed by atoms with E-state index >= 15 is 0 Å². The van der Waals surface area contributed by atoms with E-state index in [1.54, 1.807) is 0 Å². The van der Waals surface area contributed by atoms with Crippen LogP contribution in [0.1, 0.15) is 0 Å². The lowest BCUT2D eigenvalue weighted by Crippen LogP contribution is -3.61. The summed E-state index contributed by atoms with van der Waals surface area (Å²) in [6.07, 6.45) is -7.89. The maximum absolute atomic E-state index is 13.0. The molecule has 4 rings (SSSR count). The maximum Gasteiger partial charge on any atom is 0.460 e. The molecule has 0 aliphatic carbocycles.